The molecule has 3 aromatic rings. The molecule has 1 aromatic carbocycles. The van der Waals surface area contributed by atoms with Crippen molar-refractivity contribution in [1.29, 1.82) is 0 Å². The first-order valence-electron chi connectivity index (χ1n) is 8.14. The third-order valence-electron chi connectivity index (χ3n) is 3.73. The number of carbonyl (C=O) groups is 1. The van der Waals surface area contributed by atoms with E-state index in [2.05, 4.69) is 34.8 Å². The third kappa shape index (κ3) is 4.11. The Balaban J connectivity index is 1.91. The van der Waals surface area contributed by atoms with E-state index in [1.807, 2.05) is 6.92 Å². The van der Waals surface area contributed by atoms with Crippen LogP contribution in [-0.2, 0) is 5.41 Å². The molecular formula is C18H19FN5OP. The molecule has 2 aromatic heterocycles. The van der Waals surface area contributed by atoms with E-state index in [0.717, 1.165) is 5.56 Å². The minimum absolute atomic E-state index is 0.328. The van der Waals surface area contributed by atoms with Gasteiger partial charge < -0.3 is 5.32 Å². The van der Waals surface area contributed by atoms with Gasteiger partial charge in [-0.05, 0) is 31.5 Å². The maximum absolute atomic E-state index is 14.0. The van der Waals surface area contributed by atoms with Gasteiger partial charge in [-0.15, -0.1) is 0 Å². The number of halogens is 1. The summed E-state index contributed by atoms with van der Waals surface area (Å²) >= 11 is 0. The van der Waals surface area contributed by atoms with E-state index in [9.17, 15) is 9.18 Å². The van der Waals surface area contributed by atoms with Crippen LogP contribution in [0.15, 0.2) is 42.6 Å². The lowest BCUT2D eigenvalue weighted by Gasteiger charge is -2.14. The first-order chi connectivity index (χ1) is 12.4. The van der Waals surface area contributed by atoms with Crippen molar-refractivity contribution >= 4 is 32.3 Å². The molecule has 26 heavy (non-hydrogen) atoms. The van der Waals surface area contributed by atoms with Gasteiger partial charge in [0.25, 0.3) is 0 Å². The highest BCUT2D eigenvalue weighted by Gasteiger charge is 2.18. The van der Waals surface area contributed by atoms with Crippen molar-refractivity contribution in [3.8, 4) is 11.3 Å². The van der Waals surface area contributed by atoms with Crippen LogP contribution in [0.4, 0.5) is 15.0 Å². The normalized spacial score (nSPS) is 13.2. The molecule has 0 radical (unpaired) electrons. The van der Waals surface area contributed by atoms with Crippen LogP contribution in [0.1, 0.15) is 19.4 Å². The Morgan fingerprint density at radius 3 is 2.58 bits per heavy atom. The van der Waals surface area contributed by atoms with Crippen molar-refractivity contribution in [3.63, 3.8) is 0 Å². The Bertz CT molecular complexity index is 940. The molecule has 0 fully saturated rings. The summed E-state index contributed by atoms with van der Waals surface area (Å²) in [6.45, 7) is 3.84. The van der Waals surface area contributed by atoms with Gasteiger partial charge in [0.15, 0.2) is 5.65 Å². The number of anilines is 1. The molecule has 8 heteroatoms. The first kappa shape index (κ1) is 18.1. The molecule has 0 aliphatic rings. The zero-order chi connectivity index (χ0) is 18.7. The molecule has 2 heterocycles. The summed E-state index contributed by atoms with van der Waals surface area (Å²) < 4.78 is 14.0. The van der Waals surface area contributed by atoms with Crippen LogP contribution in [0, 0.1) is 0 Å². The van der Waals surface area contributed by atoms with Gasteiger partial charge in [-0.2, -0.15) is 0 Å². The lowest BCUT2D eigenvalue weighted by Crippen LogP contribution is -2.28. The molecule has 0 bridgehead atoms. The quantitative estimate of drug-likeness (QED) is 0.683. The molecular weight excluding hydrogens is 352 g/mol. The number of nitrogens with zero attached hydrogens (tertiary/aromatic N) is 3. The average Bonchev–Trinajstić information content (AvgIpc) is 2.60. The van der Waals surface area contributed by atoms with E-state index in [-0.39, 0.29) is 6.03 Å². The van der Waals surface area contributed by atoms with Gasteiger partial charge in [0.2, 0.25) is 0 Å². The Morgan fingerprint density at radius 1 is 1.19 bits per heavy atom. The Morgan fingerprint density at radius 2 is 1.92 bits per heavy atom. The number of pyridine rings is 1. The van der Waals surface area contributed by atoms with Gasteiger partial charge in [-0.1, -0.05) is 33.5 Å². The monoisotopic (exact) mass is 371 g/mol. The maximum atomic E-state index is 14.0. The van der Waals surface area contributed by atoms with Crippen LogP contribution in [0.2, 0.25) is 0 Å². The zero-order valence-electron chi connectivity index (χ0n) is 14.5. The van der Waals surface area contributed by atoms with Crippen LogP contribution in [0.5, 0.6) is 0 Å². The van der Waals surface area contributed by atoms with Crippen molar-refractivity contribution in [2.24, 2.45) is 0 Å². The highest BCUT2D eigenvalue weighted by atomic mass is 31.0. The molecule has 0 saturated heterocycles. The van der Waals surface area contributed by atoms with Gasteiger partial charge >= 0.3 is 6.03 Å². The average molecular weight is 371 g/mol. The predicted molar refractivity (Wildman–Crippen MR) is 104 cm³/mol. The van der Waals surface area contributed by atoms with Crippen molar-refractivity contribution in [3.05, 3.63) is 48.2 Å². The van der Waals surface area contributed by atoms with Crippen molar-refractivity contribution in [1.82, 2.24) is 20.3 Å². The highest BCUT2D eigenvalue weighted by molar-refractivity contribution is 7.18. The first-order valence-corrected chi connectivity index (χ1v) is 8.72. The Hall–Kier alpha value is -2.66. The number of hydrogen-bond donors (Lipinski definition) is 2. The van der Waals surface area contributed by atoms with E-state index < -0.39 is 5.41 Å². The van der Waals surface area contributed by atoms with E-state index in [0.29, 0.717) is 34.8 Å². The number of hydrogen-bond acceptors (Lipinski definition) is 4. The summed E-state index contributed by atoms with van der Waals surface area (Å²) in [6, 6.07) is 10.1. The Kier molecular flexibility index (Phi) is 5.09. The van der Waals surface area contributed by atoms with Crippen molar-refractivity contribution < 1.29 is 9.18 Å². The van der Waals surface area contributed by atoms with Crippen molar-refractivity contribution in [2.45, 2.75) is 19.3 Å². The fourth-order valence-electron chi connectivity index (χ4n) is 2.39. The number of alkyl halides is 1. The molecule has 6 nitrogen and oxygen atoms in total. The van der Waals surface area contributed by atoms with Crippen molar-refractivity contribution in [2.75, 3.05) is 11.9 Å². The summed E-state index contributed by atoms with van der Waals surface area (Å²) in [4.78, 5) is 24.8. The smallest absolute Gasteiger partial charge is 0.320 e. The van der Waals surface area contributed by atoms with Gasteiger partial charge in [-0.25, -0.2) is 19.2 Å². The number of fused-ring (bicyclic) bond motifs is 1. The van der Waals surface area contributed by atoms with E-state index in [1.54, 1.807) is 42.6 Å². The van der Waals surface area contributed by atoms with Crippen LogP contribution in [-0.4, -0.2) is 27.5 Å². The molecule has 0 spiro atoms. The van der Waals surface area contributed by atoms with Crippen LogP contribution in [0.25, 0.3) is 22.4 Å². The van der Waals surface area contributed by atoms with E-state index >= 15 is 0 Å². The summed E-state index contributed by atoms with van der Waals surface area (Å²) in [5, 5.41) is 3.81. The molecule has 2 unspecified atom stereocenters. The lowest BCUT2D eigenvalue weighted by molar-refractivity contribution is 0.252. The molecule has 2 amide bonds. The molecule has 0 aliphatic carbocycles. The summed E-state index contributed by atoms with van der Waals surface area (Å²) in [5.41, 5.74) is 3.03. The second kappa shape index (κ2) is 7.30. The van der Waals surface area contributed by atoms with Gasteiger partial charge in [-0.3, -0.25) is 10.3 Å². The molecule has 0 aliphatic heterocycles. The number of amides is 2. The Labute approximate surface area is 152 Å². The molecule has 2 atom stereocenters. The topological polar surface area (TPSA) is 79.8 Å². The largest absolute Gasteiger partial charge is 0.338 e. The zero-order valence-corrected chi connectivity index (χ0v) is 15.6. The fourth-order valence-corrected chi connectivity index (χ4v) is 2.59. The minimum atomic E-state index is -1.48. The molecule has 3 rings (SSSR count). The van der Waals surface area contributed by atoms with Gasteiger partial charge in [0, 0.05) is 12.1 Å². The van der Waals surface area contributed by atoms with Gasteiger partial charge in [0.05, 0.1) is 11.9 Å². The number of carbonyl (C=O) groups excluding carboxylic acids is 1. The molecule has 2 N–H and O–H groups in total. The fraction of sp³-hybridized carbons (Fsp3) is 0.222. The van der Waals surface area contributed by atoms with E-state index in [1.165, 1.54) is 6.92 Å². The number of aromatic nitrogens is 3. The standard InChI is InChI=1S/C18H19FN5OP/c1-3-20-17(25)24-15-9-8-13-16(23-15)22-14(10-21-13)11-4-6-12(7-5-11)18(2,19)26/h4-10H,3,26H2,1-2H3,(H2,20,22,23,24,25). The maximum Gasteiger partial charge on any atom is 0.320 e. The number of rotatable bonds is 4. The van der Waals surface area contributed by atoms with Crippen LogP contribution < -0.4 is 10.6 Å². The predicted octanol–water partition coefficient (Wildman–Crippen LogP) is 3.85. The number of nitrogens with one attached hydrogen (secondary N) is 2. The second-order valence-corrected chi connectivity index (χ2v) is 7.02. The highest BCUT2D eigenvalue weighted by Crippen LogP contribution is 2.33. The van der Waals surface area contributed by atoms with Crippen LogP contribution in [0.3, 0.4) is 0 Å². The lowest BCUT2D eigenvalue weighted by atomic mass is 10.1. The molecule has 134 valence electrons. The number of benzene rings is 1. The summed E-state index contributed by atoms with van der Waals surface area (Å²) in [5.74, 6) is 0.390. The van der Waals surface area contributed by atoms with E-state index in [4.69, 9.17) is 0 Å². The summed E-state index contributed by atoms with van der Waals surface area (Å²) in [6.07, 6.45) is 1.64. The second-order valence-electron chi connectivity index (χ2n) is 5.93. The SMILES string of the molecule is CCNC(=O)Nc1ccc2ncc(-c3ccc(C(C)(F)P)cc3)nc2n1. The van der Waals surface area contributed by atoms with Gasteiger partial charge in [0.1, 0.15) is 16.7 Å². The summed E-state index contributed by atoms with van der Waals surface area (Å²) in [7, 11) is 2.17. The van der Waals surface area contributed by atoms with Crippen LogP contribution >= 0.6 is 9.24 Å². The third-order valence-corrected chi connectivity index (χ3v) is 4.06. The minimum Gasteiger partial charge on any atom is -0.338 e. The number of urea groups is 1. The molecule has 0 saturated carbocycles.